The quantitative estimate of drug-likeness (QED) is 0.483. The monoisotopic (exact) mass is 277 g/mol. The van der Waals surface area contributed by atoms with Crippen molar-refractivity contribution >= 4 is 11.8 Å². The second-order valence-electron chi connectivity index (χ2n) is 4.13. The molecule has 5 heteroatoms. The van der Waals surface area contributed by atoms with Crippen LogP contribution < -0.4 is 11.3 Å². The van der Waals surface area contributed by atoms with Crippen LogP contribution in [0.2, 0.25) is 0 Å². The maximum Gasteiger partial charge on any atom is 0.136 e. The maximum absolute atomic E-state index is 13.5. The van der Waals surface area contributed by atoms with Crippen LogP contribution in [-0.4, -0.2) is 16.8 Å². The first-order valence-electron chi connectivity index (χ1n) is 6.03. The summed E-state index contributed by atoms with van der Waals surface area (Å²) in [5.41, 5.74) is 3.73. The lowest BCUT2D eigenvalue weighted by atomic mass is 10.2. The van der Waals surface area contributed by atoms with Crippen LogP contribution in [0, 0.1) is 5.82 Å². The normalized spacial score (nSPS) is 12.3. The number of nitrogens with one attached hydrogen (secondary N) is 1. The van der Waals surface area contributed by atoms with Gasteiger partial charge in [-0.2, -0.15) is 0 Å². The minimum absolute atomic E-state index is 0.0551. The predicted octanol–water partition coefficient (Wildman–Crippen LogP) is 2.39. The number of benzene rings is 1. The van der Waals surface area contributed by atoms with Crippen molar-refractivity contribution in [2.75, 3.05) is 5.75 Å². The topological polar surface area (TPSA) is 50.9 Å². The summed E-state index contributed by atoms with van der Waals surface area (Å²) < 4.78 is 13.5. The molecular weight excluding hydrogens is 261 g/mol. The van der Waals surface area contributed by atoms with E-state index in [0.29, 0.717) is 10.6 Å². The van der Waals surface area contributed by atoms with Crippen molar-refractivity contribution in [3.8, 4) is 0 Å². The SMILES string of the molecule is NNC(CSc1ccccc1F)Cc1ccccn1. The lowest BCUT2D eigenvalue weighted by Crippen LogP contribution is -2.38. The molecule has 0 spiro atoms. The highest BCUT2D eigenvalue weighted by molar-refractivity contribution is 7.99. The van der Waals surface area contributed by atoms with Gasteiger partial charge in [-0.05, 0) is 24.3 Å². The second kappa shape index (κ2) is 7.23. The molecule has 0 radical (unpaired) electrons. The first-order valence-corrected chi connectivity index (χ1v) is 7.01. The molecule has 0 amide bonds. The molecule has 1 unspecified atom stereocenters. The van der Waals surface area contributed by atoms with Gasteiger partial charge < -0.3 is 0 Å². The van der Waals surface area contributed by atoms with E-state index in [1.807, 2.05) is 24.3 Å². The van der Waals surface area contributed by atoms with E-state index in [1.165, 1.54) is 17.8 Å². The lowest BCUT2D eigenvalue weighted by Gasteiger charge is -2.15. The van der Waals surface area contributed by atoms with Crippen molar-refractivity contribution in [1.29, 1.82) is 0 Å². The van der Waals surface area contributed by atoms with Crippen LogP contribution in [-0.2, 0) is 6.42 Å². The van der Waals surface area contributed by atoms with Crippen LogP contribution >= 0.6 is 11.8 Å². The summed E-state index contributed by atoms with van der Waals surface area (Å²) in [5.74, 6) is 6.03. The summed E-state index contributed by atoms with van der Waals surface area (Å²) in [6, 6.07) is 12.6. The first-order chi connectivity index (χ1) is 9.29. The molecule has 19 heavy (non-hydrogen) atoms. The fourth-order valence-corrected chi connectivity index (χ4v) is 2.66. The molecule has 0 fully saturated rings. The summed E-state index contributed by atoms with van der Waals surface area (Å²) in [6.45, 7) is 0. The van der Waals surface area contributed by atoms with E-state index in [1.54, 1.807) is 18.3 Å². The Balaban J connectivity index is 1.91. The third-order valence-corrected chi connectivity index (χ3v) is 3.91. The van der Waals surface area contributed by atoms with Crippen LogP contribution in [0.25, 0.3) is 0 Å². The number of nitrogens with two attached hydrogens (primary N) is 1. The van der Waals surface area contributed by atoms with Crippen LogP contribution in [0.1, 0.15) is 5.69 Å². The van der Waals surface area contributed by atoms with Crippen LogP contribution in [0.5, 0.6) is 0 Å². The molecule has 3 N–H and O–H groups in total. The average molecular weight is 277 g/mol. The van der Waals surface area contributed by atoms with Gasteiger partial charge in [-0.15, -0.1) is 11.8 Å². The Morgan fingerprint density at radius 2 is 2.00 bits per heavy atom. The number of pyridine rings is 1. The highest BCUT2D eigenvalue weighted by Crippen LogP contribution is 2.22. The molecule has 1 aromatic heterocycles. The number of hydrogen-bond donors (Lipinski definition) is 2. The van der Waals surface area contributed by atoms with Crippen molar-refractivity contribution in [2.24, 2.45) is 5.84 Å². The molecular formula is C14H16FN3S. The van der Waals surface area contributed by atoms with Gasteiger partial charge in [0.15, 0.2) is 0 Å². The number of aromatic nitrogens is 1. The molecule has 2 aromatic rings. The zero-order valence-electron chi connectivity index (χ0n) is 10.4. The molecule has 3 nitrogen and oxygen atoms in total. The fraction of sp³-hybridized carbons (Fsp3) is 0.214. The minimum atomic E-state index is -0.193. The van der Waals surface area contributed by atoms with E-state index in [-0.39, 0.29) is 11.9 Å². The summed E-state index contributed by atoms with van der Waals surface area (Å²) in [7, 11) is 0. The van der Waals surface area contributed by atoms with Crippen molar-refractivity contribution in [3.63, 3.8) is 0 Å². The van der Waals surface area contributed by atoms with E-state index >= 15 is 0 Å². The zero-order valence-corrected chi connectivity index (χ0v) is 11.2. The summed E-state index contributed by atoms with van der Waals surface area (Å²) in [5, 5.41) is 0. The van der Waals surface area contributed by atoms with Crippen LogP contribution in [0.3, 0.4) is 0 Å². The van der Waals surface area contributed by atoms with Gasteiger partial charge in [0.25, 0.3) is 0 Å². The van der Waals surface area contributed by atoms with Gasteiger partial charge in [0.2, 0.25) is 0 Å². The lowest BCUT2D eigenvalue weighted by molar-refractivity contribution is 0.567. The molecule has 100 valence electrons. The van der Waals surface area contributed by atoms with E-state index in [0.717, 1.165) is 12.1 Å². The predicted molar refractivity (Wildman–Crippen MR) is 76.2 cm³/mol. The molecule has 0 aliphatic heterocycles. The van der Waals surface area contributed by atoms with Crippen molar-refractivity contribution in [1.82, 2.24) is 10.4 Å². The van der Waals surface area contributed by atoms with Gasteiger partial charge in [-0.1, -0.05) is 18.2 Å². The number of halogens is 1. The molecule has 1 aromatic carbocycles. The van der Waals surface area contributed by atoms with Crippen molar-refractivity contribution < 1.29 is 4.39 Å². The summed E-state index contributed by atoms with van der Waals surface area (Å²) >= 11 is 1.45. The third kappa shape index (κ3) is 4.31. The molecule has 0 saturated carbocycles. The number of nitrogens with zero attached hydrogens (tertiary/aromatic N) is 1. The Hall–Kier alpha value is -1.43. The van der Waals surface area contributed by atoms with E-state index in [4.69, 9.17) is 5.84 Å². The number of thioether (sulfide) groups is 1. The number of hydrazine groups is 1. The molecule has 0 aliphatic rings. The first kappa shape index (κ1) is 14.0. The third-order valence-electron chi connectivity index (χ3n) is 2.69. The van der Waals surface area contributed by atoms with Gasteiger partial charge in [-0.3, -0.25) is 16.3 Å². The Kier molecular flexibility index (Phi) is 5.32. The van der Waals surface area contributed by atoms with E-state index in [9.17, 15) is 4.39 Å². The highest BCUT2D eigenvalue weighted by atomic mass is 32.2. The summed E-state index contributed by atoms with van der Waals surface area (Å²) in [6.07, 6.45) is 2.48. The van der Waals surface area contributed by atoms with Gasteiger partial charge >= 0.3 is 0 Å². The Morgan fingerprint density at radius 1 is 1.21 bits per heavy atom. The molecule has 0 aliphatic carbocycles. The number of rotatable bonds is 6. The Labute approximate surface area is 116 Å². The van der Waals surface area contributed by atoms with E-state index < -0.39 is 0 Å². The smallest absolute Gasteiger partial charge is 0.136 e. The standard InChI is InChI=1S/C14H16FN3S/c15-13-6-1-2-7-14(13)19-10-12(18-16)9-11-5-3-4-8-17-11/h1-8,12,18H,9-10,16H2. The van der Waals surface area contributed by atoms with Crippen molar-refractivity contribution in [2.45, 2.75) is 17.4 Å². The molecule has 0 saturated heterocycles. The maximum atomic E-state index is 13.5. The Morgan fingerprint density at radius 3 is 2.68 bits per heavy atom. The van der Waals surface area contributed by atoms with Gasteiger partial charge in [0, 0.05) is 35.0 Å². The largest absolute Gasteiger partial charge is 0.271 e. The van der Waals surface area contributed by atoms with Gasteiger partial charge in [-0.25, -0.2) is 4.39 Å². The van der Waals surface area contributed by atoms with E-state index in [2.05, 4.69) is 10.4 Å². The molecule has 1 heterocycles. The fourth-order valence-electron chi connectivity index (χ4n) is 1.69. The molecule has 0 bridgehead atoms. The summed E-state index contributed by atoms with van der Waals surface area (Å²) in [4.78, 5) is 4.90. The second-order valence-corrected chi connectivity index (χ2v) is 5.19. The highest BCUT2D eigenvalue weighted by Gasteiger charge is 2.10. The molecule has 1 atom stereocenters. The Bertz CT molecular complexity index is 507. The minimum Gasteiger partial charge on any atom is -0.271 e. The van der Waals surface area contributed by atoms with Crippen LogP contribution in [0.15, 0.2) is 53.6 Å². The van der Waals surface area contributed by atoms with Gasteiger partial charge in [0.05, 0.1) is 0 Å². The average Bonchev–Trinajstić information content (AvgIpc) is 2.46. The zero-order chi connectivity index (χ0) is 13.5. The molecule has 2 rings (SSSR count). The number of hydrogen-bond acceptors (Lipinski definition) is 4. The van der Waals surface area contributed by atoms with Crippen LogP contribution in [0.4, 0.5) is 4.39 Å². The van der Waals surface area contributed by atoms with Crippen molar-refractivity contribution in [3.05, 3.63) is 60.2 Å². The van der Waals surface area contributed by atoms with Gasteiger partial charge in [0.1, 0.15) is 5.82 Å².